The lowest BCUT2D eigenvalue weighted by Crippen LogP contribution is -2.31. The second kappa shape index (κ2) is 5.34. The molecule has 1 aromatic carbocycles. The number of rotatable bonds is 3. The molecule has 1 aliphatic rings. The lowest BCUT2D eigenvalue weighted by molar-refractivity contribution is 0.229. The summed E-state index contributed by atoms with van der Waals surface area (Å²) < 4.78 is 0. The molecule has 18 heavy (non-hydrogen) atoms. The summed E-state index contributed by atoms with van der Waals surface area (Å²) in [5.74, 6) is 0.618. The summed E-state index contributed by atoms with van der Waals surface area (Å²) in [5, 5.41) is 3.70. The fourth-order valence-corrected chi connectivity index (χ4v) is 3.02. The van der Waals surface area contributed by atoms with Gasteiger partial charge >= 0.3 is 0 Å². The van der Waals surface area contributed by atoms with E-state index in [9.17, 15) is 0 Å². The highest BCUT2D eigenvalue weighted by atomic mass is 14.9. The Morgan fingerprint density at radius 2 is 1.83 bits per heavy atom. The SMILES string of the molecule is CC(C)c1ccc(NC2CCCC(C)(C)C2)cc1. The van der Waals surface area contributed by atoms with Crippen LogP contribution in [0, 0.1) is 5.41 Å². The molecule has 100 valence electrons. The minimum atomic E-state index is 0.508. The quantitative estimate of drug-likeness (QED) is 0.772. The minimum absolute atomic E-state index is 0.508. The van der Waals surface area contributed by atoms with Crippen LogP contribution in [0.1, 0.15) is 64.9 Å². The molecule has 1 heteroatoms. The average molecular weight is 245 g/mol. The molecule has 0 amide bonds. The van der Waals surface area contributed by atoms with Crippen molar-refractivity contribution in [3.8, 4) is 0 Å². The highest BCUT2D eigenvalue weighted by Gasteiger charge is 2.27. The Morgan fingerprint density at radius 3 is 2.39 bits per heavy atom. The molecule has 1 N–H and O–H groups in total. The average Bonchev–Trinajstić information content (AvgIpc) is 2.28. The van der Waals surface area contributed by atoms with E-state index in [1.54, 1.807) is 0 Å². The van der Waals surface area contributed by atoms with Crippen LogP contribution >= 0.6 is 0 Å². The molecule has 0 aliphatic heterocycles. The summed E-state index contributed by atoms with van der Waals surface area (Å²) in [7, 11) is 0. The van der Waals surface area contributed by atoms with Gasteiger partial charge in [-0.15, -0.1) is 0 Å². The third-order valence-electron chi connectivity index (χ3n) is 4.15. The Balaban J connectivity index is 1.97. The van der Waals surface area contributed by atoms with Gasteiger partial charge in [-0.25, -0.2) is 0 Å². The number of benzene rings is 1. The lowest BCUT2D eigenvalue weighted by atomic mass is 9.75. The molecule has 1 aliphatic carbocycles. The molecule has 0 spiro atoms. The molecule has 1 atom stereocenters. The van der Waals surface area contributed by atoms with E-state index in [0.717, 1.165) is 0 Å². The van der Waals surface area contributed by atoms with E-state index in [4.69, 9.17) is 0 Å². The lowest BCUT2D eigenvalue weighted by Gasteiger charge is -2.36. The zero-order valence-corrected chi connectivity index (χ0v) is 12.3. The summed E-state index contributed by atoms with van der Waals surface area (Å²) in [6.07, 6.45) is 5.33. The van der Waals surface area contributed by atoms with Crippen LogP contribution < -0.4 is 5.32 Å². The number of anilines is 1. The Bertz CT molecular complexity index is 375. The Labute approximate surface area is 112 Å². The third kappa shape index (κ3) is 3.51. The second-order valence-electron chi connectivity index (χ2n) is 6.88. The van der Waals surface area contributed by atoms with Crippen molar-refractivity contribution in [2.24, 2.45) is 5.41 Å². The maximum Gasteiger partial charge on any atom is 0.0342 e. The molecular weight excluding hydrogens is 218 g/mol. The predicted octanol–water partition coefficient (Wildman–Crippen LogP) is 5.19. The second-order valence-corrected chi connectivity index (χ2v) is 6.88. The maximum atomic E-state index is 3.70. The molecule has 0 saturated heterocycles. The van der Waals surface area contributed by atoms with Crippen LogP contribution in [0.3, 0.4) is 0 Å². The van der Waals surface area contributed by atoms with Gasteiger partial charge in [0.05, 0.1) is 0 Å². The van der Waals surface area contributed by atoms with E-state index < -0.39 is 0 Å². The van der Waals surface area contributed by atoms with Crippen LogP contribution in [0.2, 0.25) is 0 Å². The zero-order chi connectivity index (χ0) is 13.2. The minimum Gasteiger partial charge on any atom is -0.382 e. The molecule has 1 unspecified atom stereocenters. The molecule has 1 nitrogen and oxygen atoms in total. The smallest absolute Gasteiger partial charge is 0.0342 e. The van der Waals surface area contributed by atoms with E-state index in [0.29, 0.717) is 17.4 Å². The van der Waals surface area contributed by atoms with Crippen molar-refractivity contribution >= 4 is 5.69 Å². The fraction of sp³-hybridized carbons (Fsp3) is 0.647. The molecule has 1 fully saturated rings. The van der Waals surface area contributed by atoms with Gasteiger partial charge in [-0.2, -0.15) is 0 Å². The monoisotopic (exact) mass is 245 g/mol. The van der Waals surface area contributed by atoms with Gasteiger partial charge in [-0.05, 0) is 48.3 Å². The Morgan fingerprint density at radius 1 is 1.17 bits per heavy atom. The van der Waals surface area contributed by atoms with Crippen molar-refractivity contribution in [1.82, 2.24) is 0 Å². The number of hydrogen-bond donors (Lipinski definition) is 1. The van der Waals surface area contributed by atoms with Gasteiger partial charge in [-0.1, -0.05) is 46.2 Å². The Kier molecular flexibility index (Phi) is 3.99. The van der Waals surface area contributed by atoms with Gasteiger partial charge in [0.2, 0.25) is 0 Å². The van der Waals surface area contributed by atoms with Crippen LogP contribution in [0.4, 0.5) is 5.69 Å². The standard InChI is InChI=1S/C17H27N/c1-13(2)14-7-9-15(10-8-14)18-16-6-5-11-17(3,4)12-16/h7-10,13,16,18H,5-6,11-12H2,1-4H3. The van der Waals surface area contributed by atoms with Gasteiger partial charge < -0.3 is 5.32 Å². The van der Waals surface area contributed by atoms with E-state index in [1.165, 1.54) is 36.9 Å². The largest absolute Gasteiger partial charge is 0.382 e. The first kappa shape index (κ1) is 13.5. The van der Waals surface area contributed by atoms with Crippen molar-refractivity contribution in [1.29, 1.82) is 0 Å². The van der Waals surface area contributed by atoms with Crippen LogP contribution in [0.25, 0.3) is 0 Å². The number of hydrogen-bond acceptors (Lipinski definition) is 1. The molecule has 2 rings (SSSR count). The summed E-state index contributed by atoms with van der Waals surface area (Å²) >= 11 is 0. The van der Waals surface area contributed by atoms with Gasteiger partial charge in [0.15, 0.2) is 0 Å². The van der Waals surface area contributed by atoms with Crippen LogP contribution in [0.15, 0.2) is 24.3 Å². The molecule has 1 aromatic rings. The normalized spacial score (nSPS) is 23.1. The summed E-state index contributed by atoms with van der Waals surface area (Å²) in [5.41, 5.74) is 3.21. The first-order valence-corrected chi connectivity index (χ1v) is 7.33. The van der Waals surface area contributed by atoms with Gasteiger partial charge in [0, 0.05) is 11.7 Å². The zero-order valence-electron chi connectivity index (χ0n) is 12.3. The first-order chi connectivity index (χ1) is 8.46. The highest BCUT2D eigenvalue weighted by Crippen LogP contribution is 2.36. The van der Waals surface area contributed by atoms with E-state index in [-0.39, 0.29) is 0 Å². The van der Waals surface area contributed by atoms with Gasteiger partial charge in [0.1, 0.15) is 0 Å². The van der Waals surface area contributed by atoms with Crippen molar-refractivity contribution in [2.45, 2.75) is 65.3 Å². The van der Waals surface area contributed by atoms with Crippen molar-refractivity contribution < 1.29 is 0 Å². The predicted molar refractivity (Wildman–Crippen MR) is 80.2 cm³/mol. The third-order valence-corrected chi connectivity index (χ3v) is 4.15. The molecular formula is C17H27N. The molecule has 0 aromatic heterocycles. The molecule has 0 bridgehead atoms. The van der Waals surface area contributed by atoms with E-state index in [2.05, 4.69) is 57.3 Å². The van der Waals surface area contributed by atoms with Crippen molar-refractivity contribution in [3.63, 3.8) is 0 Å². The van der Waals surface area contributed by atoms with Crippen LogP contribution in [0.5, 0.6) is 0 Å². The maximum absolute atomic E-state index is 3.70. The molecule has 0 radical (unpaired) electrons. The first-order valence-electron chi connectivity index (χ1n) is 7.33. The summed E-state index contributed by atoms with van der Waals surface area (Å²) in [4.78, 5) is 0. The van der Waals surface area contributed by atoms with Crippen molar-refractivity contribution in [2.75, 3.05) is 5.32 Å². The summed E-state index contributed by atoms with van der Waals surface area (Å²) in [6.45, 7) is 9.27. The van der Waals surface area contributed by atoms with Crippen molar-refractivity contribution in [3.05, 3.63) is 29.8 Å². The van der Waals surface area contributed by atoms with Gasteiger partial charge in [-0.3, -0.25) is 0 Å². The highest BCUT2D eigenvalue weighted by molar-refractivity contribution is 5.46. The van der Waals surface area contributed by atoms with E-state index in [1.807, 2.05) is 0 Å². The molecule has 1 saturated carbocycles. The van der Waals surface area contributed by atoms with Gasteiger partial charge in [0.25, 0.3) is 0 Å². The fourth-order valence-electron chi connectivity index (χ4n) is 3.02. The van der Waals surface area contributed by atoms with Crippen LogP contribution in [-0.2, 0) is 0 Å². The summed E-state index contributed by atoms with van der Waals surface area (Å²) in [6, 6.07) is 9.62. The van der Waals surface area contributed by atoms with Crippen LogP contribution in [-0.4, -0.2) is 6.04 Å². The Hall–Kier alpha value is -0.980. The topological polar surface area (TPSA) is 12.0 Å². The number of nitrogens with one attached hydrogen (secondary N) is 1. The van der Waals surface area contributed by atoms with E-state index >= 15 is 0 Å². The molecule has 0 heterocycles.